The minimum Gasteiger partial charge on any atom is -0.106 e. The maximum atomic E-state index is 3.16. The van der Waals surface area contributed by atoms with Gasteiger partial charge >= 0.3 is 0 Å². The van der Waals surface area contributed by atoms with Gasteiger partial charge < -0.3 is 0 Å². The summed E-state index contributed by atoms with van der Waals surface area (Å²) in [5.41, 5.74) is 0. The van der Waals surface area contributed by atoms with Gasteiger partial charge in [0, 0.05) is 5.92 Å². The van der Waals surface area contributed by atoms with Crippen LogP contribution in [0.2, 0.25) is 0 Å². The van der Waals surface area contributed by atoms with Crippen LogP contribution in [-0.2, 0) is 0 Å². The maximum absolute atomic E-state index is 3.16. The summed E-state index contributed by atoms with van der Waals surface area (Å²) in [4.78, 5) is 0. The lowest BCUT2D eigenvalue weighted by Gasteiger charge is -2.09. The maximum Gasteiger partial charge on any atom is 0.0177 e. The number of hydrogen-bond donors (Lipinski definition) is 0. The Labute approximate surface area is 65.0 Å². The lowest BCUT2D eigenvalue weighted by Crippen LogP contribution is -1.99. The van der Waals surface area contributed by atoms with Crippen LogP contribution in [0, 0.1) is 23.7 Å². The Balaban J connectivity index is 3.53. The molecular formula is C10H18. The van der Waals surface area contributed by atoms with Gasteiger partial charge in [0.25, 0.3) is 0 Å². The van der Waals surface area contributed by atoms with E-state index < -0.39 is 0 Å². The van der Waals surface area contributed by atoms with Gasteiger partial charge in [0.05, 0.1) is 0 Å². The molecule has 0 heteroatoms. The lowest BCUT2D eigenvalue weighted by atomic mass is 9.96. The van der Waals surface area contributed by atoms with Crippen molar-refractivity contribution in [1.29, 1.82) is 0 Å². The zero-order valence-corrected chi connectivity index (χ0v) is 7.57. The first kappa shape index (κ1) is 9.56. The second-order valence-corrected chi connectivity index (χ2v) is 3.04. The minimum absolute atomic E-state index is 0.583. The van der Waals surface area contributed by atoms with Gasteiger partial charge in [-0.05, 0) is 19.3 Å². The van der Waals surface area contributed by atoms with Crippen molar-refractivity contribution in [3.05, 3.63) is 0 Å². The summed E-state index contributed by atoms with van der Waals surface area (Å²) < 4.78 is 0. The molecule has 0 rings (SSSR count). The summed E-state index contributed by atoms with van der Waals surface area (Å²) in [5, 5.41) is 0. The fraction of sp³-hybridized carbons (Fsp3) is 0.800. The summed E-state index contributed by atoms with van der Waals surface area (Å²) in [7, 11) is 0. The molecule has 0 aromatic carbocycles. The Kier molecular flexibility index (Phi) is 5.12. The predicted molar refractivity (Wildman–Crippen MR) is 46.7 cm³/mol. The average Bonchev–Trinajstić information content (AvgIpc) is 1.88. The van der Waals surface area contributed by atoms with Crippen molar-refractivity contribution in [2.45, 2.75) is 40.5 Å². The van der Waals surface area contributed by atoms with Crippen LogP contribution in [0.3, 0.4) is 0 Å². The van der Waals surface area contributed by atoms with E-state index in [-0.39, 0.29) is 0 Å². The molecule has 0 nitrogen and oxygen atoms in total. The predicted octanol–water partition coefficient (Wildman–Crippen LogP) is 3.08. The van der Waals surface area contributed by atoms with Gasteiger partial charge in [0.2, 0.25) is 0 Å². The van der Waals surface area contributed by atoms with E-state index in [1.165, 1.54) is 12.8 Å². The molecule has 0 aliphatic heterocycles. The van der Waals surface area contributed by atoms with Crippen molar-refractivity contribution >= 4 is 0 Å². The van der Waals surface area contributed by atoms with Crippen molar-refractivity contribution in [1.82, 2.24) is 0 Å². The molecule has 0 aliphatic carbocycles. The van der Waals surface area contributed by atoms with Crippen LogP contribution in [0.4, 0.5) is 0 Å². The van der Waals surface area contributed by atoms with Gasteiger partial charge in [-0.25, -0.2) is 0 Å². The lowest BCUT2D eigenvalue weighted by molar-refractivity contribution is 0.462. The van der Waals surface area contributed by atoms with Crippen molar-refractivity contribution in [3.8, 4) is 11.8 Å². The quantitative estimate of drug-likeness (QED) is 0.526. The summed E-state index contributed by atoms with van der Waals surface area (Å²) in [6.45, 7) is 8.63. The highest BCUT2D eigenvalue weighted by atomic mass is 14.1. The first-order chi connectivity index (χ1) is 4.70. The molecule has 2 atom stereocenters. The van der Waals surface area contributed by atoms with E-state index in [9.17, 15) is 0 Å². The van der Waals surface area contributed by atoms with Crippen molar-refractivity contribution in [3.63, 3.8) is 0 Å². The topological polar surface area (TPSA) is 0 Å². The molecule has 10 heavy (non-hydrogen) atoms. The van der Waals surface area contributed by atoms with E-state index in [4.69, 9.17) is 0 Å². The second-order valence-electron chi connectivity index (χ2n) is 3.04. The van der Waals surface area contributed by atoms with Crippen LogP contribution in [0.1, 0.15) is 40.5 Å². The molecule has 0 saturated heterocycles. The zero-order valence-electron chi connectivity index (χ0n) is 7.57. The molecule has 0 aromatic rings. The SMILES string of the molecule is CC#CC(C)CC(C)CC. The van der Waals surface area contributed by atoms with E-state index in [0.717, 1.165) is 5.92 Å². The minimum atomic E-state index is 0.583. The first-order valence-electron chi connectivity index (χ1n) is 4.13. The van der Waals surface area contributed by atoms with E-state index >= 15 is 0 Å². The van der Waals surface area contributed by atoms with Crippen LogP contribution in [0.15, 0.2) is 0 Å². The van der Waals surface area contributed by atoms with E-state index in [2.05, 4.69) is 32.6 Å². The Morgan fingerprint density at radius 3 is 2.30 bits per heavy atom. The summed E-state index contributed by atoms with van der Waals surface area (Å²) in [5.74, 6) is 7.52. The van der Waals surface area contributed by atoms with E-state index in [1.807, 2.05) is 6.92 Å². The highest BCUT2D eigenvalue weighted by molar-refractivity contribution is 4.99. The third-order valence-corrected chi connectivity index (χ3v) is 1.84. The molecule has 0 bridgehead atoms. The van der Waals surface area contributed by atoms with Crippen LogP contribution in [0.5, 0.6) is 0 Å². The van der Waals surface area contributed by atoms with Crippen LogP contribution >= 0.6 is 0 Å². The largest absolute Gasteiger partial charge is 0.106 e. The fourth-order valence-corrected chi connectivity index (χ4v) is 1.08. The Morgan fingerprint density at radius 1 is 1.30 bits per heavy atom. The third kappa shape index (κ3) is 4.44. The van der Waals surface area contributed by atoms with Crippen molar-refractivity contribution in [2.24, 2.45) is 11.8 Å². The van der Waals surface area contributed by atoms with Gasteiger partial charge in [-0.2, -0.15) is 0 Å². The molecule has 2 unspecified atom stereocenters. The molecule has 0 spiro atoms. The molecule has 58 valence electrons. The van der Waals surface area contributed by atoms with E-state index in [1.54, 1.807) is 0 Å². The summed E-state index contributed by atoms with van der Waals surface area (Å²) >= 11 is 0. The molecule has 0 fully saturated rings. The second kappa shape index (κ2) is 5.35. The Bertz CT molecular complexity index is 125. The fourth-order valence-electron chi connectivity index (χ4n) is 1.08. The van der Waals surface area contributed by atoms with Crippen molar-refractivity contribution < 1.29 is 0 Å². The van der Waals surface area contributed by atoms with Gasteiger partial charge in [-0.3, -0.25) is 0 Å². The Hall–Kier alpha value is -0.440. The highest BCUT2D eigenvalue weighted by Crippen LogP contribution is 2.13. The molecule has 0 heterocycles. The van der Waals surface area contributed by atoms with Crippen molar-refractivity contribution in [2.75, 3.05) is 0 Å². The summed E-state index contributed by atoms with van der Waals surface area (Å²) in [6.07, 6.45) is 2.52. The van der Waals surface area contributed by atoms with Gasteiger partial charge in [-0.15, -0.1) is 11.8 Å². The molecule has 0 radical (unpaired) electrons. The van der Waals surface area contributed by atoms with Crippen LogP contribution < -0.4 is 0 Å². The molecule has 0 aromatic heterocycles. The van der Waals surface area contributed by atoms with Crippen LogP contribution in [-0.4, -0.2) is 0 Å². The standard InChI is InChI=1S/C10H18/c1-5-7-10(4)8-9(3)6-2/h9-10H,6,8H2,1-4H3. The highest BCUT2D eigenvalue weighted by Gasteiger charge is 2.02. The first-order valence-corrected chi connectivity index (χ1v) is 4.13. The number of hydrogen-bond acceptors (Lipinski definition) is 0. The summed E-state index contributed by atoms with van der Waals surface area (Å²) in [6, 6.07) is 0. The average molecular weight is 138 g/mol. The third-order valence-electron chi connectivity index (χ3n) is 1.84. The molecule has 0 aliphatic rings. The van der Waals surface area contributed by atoms with Crippen LogP contribution in [0.25, 0.3) is 0 Å². The molecule has 0 saturated carbocycles. The molecule has 0 N–H and O–H groups in total. The zero-order chi connectivity index (χ0) is 7.98. The monoisotopic (exact) mass is 138 g/mol. The molecular weight excluding hydrogens is 120 g/mol. The van der Waals surface area contributed by atoms with Gasteiger partial charge in [0.1, 0.15) is 0 Å². The normalized spacial score (nSPS) is 15.2. The Morgan fingerprint density at radius 2 is 1.90 bits per heavy atom. The number of rotatable bonds is 3. The van der Waals surface area contributed by atoms with Gasteiger partial charge in [-0.1, -0.05) is 27.2 Å². The smallest absolute Gasteiger partial charge is 0.0177 e. The molecule has 0 amide bonds. The van der Waals surface area contributed by atoms with Gasteiger partial charge in [0.15, 0.2) is 0 Å². The van der Waals surface area contributed by atoms with E-state index in [0.29, 0.717) is 5.92 Å².